The summed E-state index contributed by atoms with van der Waals surface area (Å²) in [4.78, 5) is 9.89. The first-order valence-electron chi connectivity index (χ1n) is 12.7. The van der Waals surface area contributed by atoms with Crippen LogP contribution in [0, 0.1) is 5.92 Å². The zero-order chi connectivity index (χ0) is 22.5. The second-order valence-electron chi connectivity index (χ2n) is 9.82. The highest BCUT2D eigenvalue weighted by molar-refractivity contribution is 5.81. The van der Waals surface area contributed by atoms with Crippen LogP contribution in [0.1, 0.15) is 38.5 Å². The highest BCUT2D eigenvalue weighted by atomic mass is 16.7. The molecule has 0 amide bonds. The zero-order valence-electron chi connectivity index (χ0n) is 19.7. The van der Waals surface area contributed by atoms with E-state index in [1.54, 1.807) is 0 Å². The Balaban J connectivity index is 1.00. The Morgan fingerprint density at radius 3 is 2.73 bits per heavy atom. The fraction of sp³-hybridized carbons (Fsp3) is 0.720. The molecule has 1 saturated carbocycles. The molecule has 1 aromatic rings. The predicted molar refractivity (Wildman–Crippen MR) is 130 cm³/mol. The molecule has 0 spiro atoms. The Hall–Kier alpha value is -2.03. The highest BCUT2D eigenvalue weighted by Crippen LogP contribution is 2.41. The second kappa shape index (κ2) is 10.9. The summed E-state index contributed by atoms with van der Waals surface area (Å²) in [6, 6.07) is 6.60. The molecule has 3 N–H and O–H groups in total. The zero-order valence-corrected chi connectivity index (χ0v) is 19.7. The number of fused-ring (bicyclic) bond motifs is 1. The van der Waals surface area contributed by atoms with Crippen molar-refractivity contribution in [3.05, 3.63) is 18.2 Å². The van der Waals surface area contributed by atoms with Crippen LogP contribution in [-0.2, 0) is 4.74 Å². The number of nitrogens with zero attached hydrogens (tertiary/aromatic N) is 3. The number of piperazine rings is 1. The molecule has 33 heavy (non-hydrogen) atoms. The Morgan fingerprint density at radius 1 is 1.09 bits per heavy atom. The fourth-order valence-corrected chi connectivity index (χ4v) is 5.58. The SMILES string of the molecule is NC(CC1CNCCO1)=NC1CCC(CCN2CCN(c3cccc4c3OCO4)CC2)CC1. The van der Waals surface area contributed by atoms with Crippen molar-refractivity contribution in [3.63, 3.8) is 0 Å². The van der Waals surface area contributed by atoms with Gasteiger partial charge in [-0.3, -0.25) is 9.89 Å². The number of morpholine rings is 1. The molecule has 1 atom stereocenters. The lowest BCUT2D eigenvalue weighted by molar-refractivity contribution is 0.0333. The molecule has 2 saturated heterocycles. The van der Waals surface area contributed by atoms with E-state index in [2.05, 4.69) is 27.2 Å². The van der Waals surface area contributed by atoms with Gasteiger partial charge in [-0.05, 0) is 56.7 Å². The summed E-state index contributed by atoms with van der Waals surface area (Å²) in [6.45, 7) is 8.43. The van der Waals surface area contributed by atoms with Crippen LogP contribution in [-0.4, -0.2) is 82.1 Å². The first kappa shape index (κ1) is 22.7. The average molecular weight is 458 g/mol. The number of nitrogens with one attached hydrogen (secondary N) is 1. The monoisotopic (exact) mass is 457 g/mol. The summed E-state index contributed by atoms with van der Waals surface area (Å²) in [7, 11) is 0. The molecule has 0 aromatic heterocycles. The van der Waals surface area contributed by atoms with Gasteiger partial charge in [-0.15, -0.1) is 0 Å². The maximum absolute atomic E-state index is 6.23. The van der Waals surface area contributed by atoms with E-state index in [1.165, 1.54) is 44.3 Å². The van der Waals surface area contributed by atoms with Gasteiger partial charge in [-0.2, -0.15) is 0 Å². The third-order valence-electron chi connectivity index (χ3n) is 7.55. The number of hydrogen-bond donors (Lipinski definition) is 2. The number of anilines is 1. The largest absolute Gasteiger partial charge is 0.454 e. The van der Waals surface area contributed by atoms with Crippen LogP contribution in [0.3, 0.4) is 0 Å². The highest BCUT2D eigenvalue weighted by Gasteiger charge is 2.26. The van der Waals surface area contributed by atoms with Crippen LogP contribution in [0.15, 0.2) is 23.2 Å². The van der Waals surface area contributed by atoms with Crippen molar-refractivity contribution in [2.45, 2.75) is 50.7 Å². The van der Waals surface area contributed by atoms with Crippen LogP contribution in [0.5, 0.6) is 11.5 Å². The molecule has 182 valence electrons. The molecule has 4 aliphatic rings. The van der Waals surface area contributed by atoms with Gasteiger partial charge >= 0.3 is 0 Å². The third-order valence-corrected chi connectivity index (χ3v) is 7.55. The molecular formula is C25H39N5O3. The van der Waals surface area contributed by atoms with Crippen molar-refractivity contribution >= 4 is 11.5 Å². The smallest absolute Gasteiger partial charge is 0.231 e. The van der Waals surface area contributed by atoms with E-state index >= 15 is 0 Å². The Morgan fingerprint density at radius 2 is 1.94 bits per heavy atom. The molecular weight excluding hydrogens is 418 g/mol. The Kier molecular flexibility index (Phi) is 7.53. The van der Waals surface area contributed by atoms with Crippen LogP contribution >= 0.6 is 0 Å². The van der Waals surface area contributed by atoms with Gasteiger partial charge < -0.3 is 30.2 Å². The first-order chi connectivity index (χ1) is 16.2. The summed E-state index contributed by atoms with van der Waals surface area (Å²) in [5.41, 5.74) is 7.40. The van der Waals surface area contributed by atoms with Crippen LogP contribution in [0.4, 0.5) is 5.69 Å². The molecule has 8 nitrogen and oxygen atoms in total. The van der Waals surface area contributed by atoms with Crippen molar-refractivity contribution in [1.82, 2.24) is 10.2 Å². The molecule has 1 unspecified atom stereocenters. The van der Waals surface area contributed by atoms with Gasteiger partial charge in [0.2, 0.25) is 6.79 Å². The normalized spacial score (nSPS) is 28.8. The van der Waals surface area contributed by atoms with Crippen LogP contribution in [0.2, 0.25) is 0 Å². The molecule has 0 bridgehead atoms. The quantitative estimate of drug-likeness (QED) is 0.480. The van der Waals surface area contributed by atoms with Gasteiger partial charge in [0, 0.05) is 45.7 Å². The van der Waals surface area contributed by atoms with Crippen molar-refractivity contribution < 1.29 is 14.2 Å². The molecule has 3 aliphatic heterocycles. The predicted octanol–water partition coefficient (Wildman–Crippen LogP) is 2.22. The second-order valence-corrected chi connectivity index (χ2v) is 9.82. The summed E-state index contributed by atoms with van der Waals surface area (Å²) < 4.78 is 17.0. The first-order valence-corrected chi connectivity index (χ1v) is 12.7. The summed E-state index contributed by atoms with van der Waals surface area (Å²) >= 11 is 0. The lowest BCUT2D eigenvalue weighted by Gasteiger charge is -2.37. The Labute approximate surface area is 197 Å². The van der Waals surface area contributed by atoms with Crippen LogP contribution < -0.4 is 25.4 Å². The number of amidine groups is 1. The van der Waals surface area contributed by atoms with Gasteiger partial charge in [-0.1, -0.05) is 6.07 Å². The number of rotatable bonds is 7. The maximum atomic E-state index is 6.23. The molecule has 1 aliphatic carbocycles. The average Bonchev–Trinajstić information content (AvgIpc) is 3.34. The minimum atomic E-state index is 0.183. The topological polar surface area (TPSA) is 84.6 Å². The number of aliphatic imine (C=N–C) groups is 1. The van der Waals surface area contributed by atoms with Crippen molar-refractivity contribution in [2.75, 3.05) is 64.1 Å². The molecule has 0 radical (unpaired) electrons. The number of hydrogen-bond acceptors (Lipinski definition) is 7. The van der Waals surface area contributed by atoms with E-state index in [9.17, 15) is 0 Å². The van der Waals surface area contributed by atoms with Crippen molar-refractivity contribution in [3.8, 4) is 11.5 Å². The standard InChI is InChI=1S/C25H39N5O3/c26-24(16-21-17-27-9-15-31-21)28-20-6-4-19(5-7-20)8-10-29-11-13-30(14-12-29)22-2-1-3-23-25(22)33-18-32-23/h1-3,19-21,27H,4-18H2,(H2,26,28). The molecule has 3 heterocycles. The van der Waals surface area contributed by atoms with Gasteiger partial charge in [0.1, 0.15) is 0 Å². The molecule has 5 rings (SSSR count). The number of nitrogens with two attached hydrogens (primary N) is 1. The lowest BCUT2D eigenvalue weighted by atomic mass is 9.84. The minimum Gasteiger partial charge on any atom is -0.454 e. The van der Waals surface area contributed by atoms with Crippen molar-refractivity contribution in [2.24, 2.45) is 16.6 Å². The summed E-state index contributed by atoms with van der Waals surface area (Å²) in [5, 5.41) is 3.36. The number of para-hydroxylation sites is 1. The third kappa shape index (κ3) is 5.91. The van der Waals surface area contributed by atoms with E-state index in [0.29, 0.717) is 12.8 Å². The molecule has 8 heteroatoms. The fourth-order valence-electron chi connectivity index (χ4n) is 5.58. The van der Waals surface area contributed by atoms with Gasteiger partial charge in [0.25, 0.3) is 0 Å². The summed E-state index contributed by atoms with van der Waals surface area (Å²) in [5.74, 6) is 3.38. The maximum Gasteiger partial charge on any atom is 0.231 e. The van der Waals surface area contributed by atoms with E-state index < -0.39 is 0 Å². The summed E-state index contributed by atoms with van der Waals surface area (Å²) in [6.07, 6.45) is 7.12. The van der Waals surface area contributed by atoms with Crippen LogP contribution in [0.25, 0.3) is 0 Å². The van der Waals surface area contributed by atoms with E-state index in [1.807, 2.05) is 6.07 Å². The number of ether oxygens (including phenoxy) is 3. The number of benzene rings is 1. The minimum absolute atomic E-state index is 0.183. The van der Waals surface area contributed by atoms with Gasteiger partial charge in [-0.25, -0.2) is 0 Å². The lowest BCUT2D eigenvalue weighted by Crippen LogP contribution is -2.47. The van der Waals surface area contributed by atoms with Gasteiger partial charge in [0.05, 0.1) is 30.3 Å². The van der Waals surface area contributed by atoms with E-state index in [0.717, 1.165) is 75.5 Å². The van der Waals surface area contributed by atoms with Gasteiger partial charge in [0.15, 0.2) is 11.5 Å². The molecule has 3 fully saturated rings. The van der Waals surface area contributed by atoms with Crippen molar-refractivity contribution in [1.29, 1.82) is 0 Å². The molecule has 1 aromatic carbocycles. The van der Waals surface area contributed by atoms with E-state index in [-0.39, 0.29) is 6.10 Å². The van der Waals surface area contributed by atoms with E-state index in [4.69, 9.17) is 24.9 Å². The Bertz CT molecular complexity index is 797.